The average molecular weight is 362 g/mol. The van der Waals surface area contributed by atoms with Gasteiger partial charge in [-0.15, -0.1) is 11.3 Å². The molecule has 0 amide bonds. The van der Waals surface area contributed by atoms with Gasteiger partial charge in [0.05, 0.1) is 12.0 Å². The summed E-state index contributed by atoms with van der Waals surface area (Å²) in [5.74, 6) is 0.762. The Morgan fingerprint density at radius 1 is 1.26 bits per heavy atom. The minimum absolute atomic E-state index is 0.0214. The Labute approximate surface area is 148 Å². The van der Waals surface area contributed by atoms with Gasteiger partial charge in [-0.3, -0.25) is 9.36 Å². The molecule has 0 aliphatic carbocycles. The maximum atomic E-state index is 12.7. The summed E-state index contributed by atoms with van der Waals surface area (Å²) in [7, 11) is 1.61. The van der Waals surface area contributed by atoms with Crippen LogP contribution in [0, 0.1) is 6.92 Å². The van der Waals surface area contributed by atoms with Gasteiger partial charge in [-0.05, 0) is 49.6 Å². The van der Waals surface area contributed by atoms with Crippen molar-refractivity contribution in [2.75, 3.05) is 13.4 Å². The third-order valence-corrected chi connectivity index (χ3v) is 5.94. The molecule has 0 aliphatic rings. The van der Waals surface area contributed by atoms with E-state index >= 15 is 0 Å². The number of ether oxygens (including phenoxy) is 1. The number of thiophene rings is 1. The molecule has 3 aromatic rings. The maximum Gasteiger partial charge on any atom is 0.203 e. The summed E-state index contributed by atoms with van der Waals surface area (Å²) >= 11 is 8.43. The Bertz CT molecular complexity index is 891. The lowest BCUT2D eigenvalue weighted by molar-refractivity contribution is 0.104. The molecule has 6 heteroatoms. The van der Waals surface area contributed by atoms with Gasteiger partial charge in [0.15, 0.2) is 0 Å². The van der Waals surface area contributed by atoms with Crippen molar-refractivity contribution in [2.24, 2.45) is 0 Å². The zero-order chi connectivity index (χ0) is 16.6. The quantitative estimate of drug-likeness (QED) is 0.498. The Balaban J connectivity index is 2.01. The first-order chi connectivity index (χ1) is 11.0. The lowest BCUT2D eigenvalue weighted by Gasteiger charge is -2.05. The zero-order valence-electron chi connectivity index (χ0n) is 13.0. The summed E-state index contributed by atoms with van der Waals surface area (Å²) < 4.78 is 7.96. The minimum Gasteiger partial charge on any atom is -0.497 e. The number of methoxy groups -OCH3 is 1. The number of hydrogen-bond acceptors (Lipinski definition) is 5. The number of rotatable bonds is 3. The number of benzene rings is 1. The van der Waals surface area contributed by atoms with Crippen LogP contribution in [0.25, 0.3) is 10.2 Å². The Morgan fingerprint density at radius 3 is 2.57 bits per heavy atom. The lowest BCUT2D eigenvalue weighted by Crippen LogP contribution is -2.04. The number of ketones is 1. The molecule has 1 aromatic carbocycles. The van der Waals surface area contributed by atoms with Gasteiger partial charge >= 0.3 is 0 Å². The molecule has 3 rings (SSSR count). The van der Waals surface area contributed by atoms with Crippen molar-refractivity contribution < 1.29 is 9.53 Å². The number of nitrogens with zero attached hydrogens (tertiary/aromatic N) is 1. The molecular weight excluding hydrogens is 346 g/mol. The summed E-state index contributed by atoms with van der Waals surface area (Å²) in [5, 5.41) is 1.06. The predicted molar refractivity (Wildman–Crippen MR) is 102 cm³/mol. The molecule has 118 valence electrons. The number of hydrogen-bond donors (Lipinski definition) is 0. The first-order valence-electron chi connectivity index (χ1n) is 6.94. The van der Waals surface area contributed by atoms with E-state index in [1.54, 1.807) is 31.4 Å². The third kappa shape index (κ3) is 2.94. The summed E-state index contributed by atoms with van der Waals surface area (Å²) in [5.41, 5.74) is 1.75. The molecular formula is C17H15NO2S3. The van der Waals surface area contributed by atoms with Crippen LogP contribution in [0.2, 0.25) is 0 Å². The molecule has 0 spiro atoms. The third-order valence-electron chi connectivity index (χ3n) is 3.59. The van der Waals surface area contributed by atoms with E-state index in [-0.39, 0.29) is 5.78 Å². The summed E-state index contributed by atoms with van der Waals surface area (Å²) in [6.07, 6.45) is 1.96. The molecule has 2 heterocycles. The minimum atomic E-state index is 0.0214. The number of carbonyl (C=O) groups is 1. The number of aromatic nitrogens is 1. The van der Waals surface area contributed by atoms with Crippen molar-refractivity contribution in [3.05, 3.63) is 52.5 Å². The van der Waals surface area contributed by atoms with E-state index in [1.807, 2.05) is 23.8 Å². The SMILES string of the molecule is COc1ccc(C(=O)c2cc3cc(C)n(C(=S)SC)c3s2)cc1. The Kier molecular flexibility index (Phi) is 4.57. The average Bonchev–Trinajstić information content (AvgIpc) is 3.10. The van der Waals surface area contributed by atoms with Crippen LogP contribution in [-0.2, 0) is 0 Å². The van der Waals surface area contributed by atoms with Gasteiger partial charge in [0.25, 0.3) is 0 Å². The lowest BCUT2D eigenvalue weighted by atomic mass is 10.1. The van der Waals surface area contributed by atoms with Gasteiger partial charge in [-0.1, -0.05) is 24.0 Å². The van der Waals surface area contributed by atoms with Crippen molar-refractivity contribution in [2.45, 2.75) is 6.92 Å². The van der Waals surface area contributed by atoms with E-state index < -0.39 is 0 Å². The van der Waals surface area contributed by atoms with Gasteiger partial charge in [-0.2, -0.15) is 0 Å². The highest BCUT2D eigenvalue weighted by molar-refractivity contribution is 8.22. The van der Waals surface area contributed by atoms with E-state index in [0.29, 0.717) is 5.56 Å². The first-order valence-corrected chi connectivity index (χ1v) is 9.39. The van der Waals surface area contributed by atoms with E-state index in [1.165, 1.54) is 23.1 Å². The second-order valence-corrected chi connectivity index (χ2v) is 7.49. The molecule has 0 N–H and O–H groups in total. The first kappa shape index (κ1) is 16.2. The molecule has 3 nitrogen and oxygen atoms in total. The number of thiocarbonyl (C=S) groups is 1. The highest BCUT2D eigenvalue weighted by Crippen LogP contribution is 2.31. The fourth-order valence-corrected chi connectivity index (χ4v) is 4.37. The van der Waals surface area contributed by atoms with Crippen LogP contribution >= 0.6 is 35.3 Å². The molecule has 0 aliphatic heterocycles. The second-order valence-electron chi connectivity index (χ2n) is 5.02. The molecule has 0 atom stereocenters. The summed E-state index contributed by atoms with van der Waals surface area (Å²) in [6, 6.07) is 11.2. The van der Waals surface area contributed by atoms with Gasteiger partial charge in [0.2, 0.25) is 5.78 Å². The van der Waals surface area contributed by atoms with Crippen molar-refractivity contribution in [3.8, 4) is 5.75 Å². The van der Waals surface area contributed by atoms with E-state index in [4.69, 9.17) is 17.0 Å². The molecule has 0 bridgehead atoms. The molecule has 0 unspecified atom stereocenters. The number of thioether (sulfide) groups is 1. The van der Waals surface area contributed by atoms with Crippen LogP contribution < -0.4 is 4.74 Å². The van der Waals surface area contributed by atoms with Gasteiger partial charge in [-0.25, -0.2) is 0 Å². The predicted octanol–water partition coefficient (Wildman–Crippen LogP) is 4.75. The Hall–Kier alpha value is -1.63. The summed E-state index contributed by atoms with van der Waals surface area (Å²) in [4.78, 5) is 14.4. The Morgan fingerprint density at radius 2 is 1.96 bits per heavy atom. The molecule has 0 radical (unpaired) electrons. The van der Waals surface area contributed by atoms with Crippen LogP contribution in [0.4, 0.5) is 0 Å². The van der Waals surface area contributed by atoms with Crippen LogP contribution in [0.15, 0.2) is 36.4 Å². The zero-order valence-corrected chi connectivity index (χ0v) is 15.4. The second kappa shape index (κ2) is 6.47. The van der Waals surface area contributed by atoms with Crippen molar-refractivity contribution >= 4 is 55.6 Å². The van der Waals surface area contributed by atoms with E-state index in [0.717, 1.165) is 30.9 Å². The smallest absolute Gasteiger partial charge is 0.203 e. The normalized spacial score (nSPS) is 10.9. The maximum absolute atomic E-state index is 12.7. The van der Waals surface area contributed by atoms with Crippen molar-refractivity contribution in [1.29, 1.82) is 0 Å². The fourth-order valence-electron chi connectivity index (χ4n) is 2.44. The highest BCUT2D eigenvalue weighted by atomic mass is 32.2. The molecule has 0 saturated carbocycles. The van der Waals surface area contributed by atoms with Crippen molar-refractivity contribution in [1.82, 2.24) is 4.57 Å². The summed E-state index contributed by atoms with van der Waals surface area (Å²) in [6.45, 7) is 2.03. The highest BCUT2D eigenvalue weighted by Gasteiger charge is 2.17. The standard InChI is InChI=1S/C17H15NO2S3/c1-10-8-12-9-14(23-16(12)18(10)17(21)22-3)15(19)11-4-6-13(20-2)7-5-11/h4-9H,1-3H3. The monoisotopic (exact) mass is 361 g/mol. The van der Waals surface area contributed by atoms with Gasteiger partial charge < -0.3 is 4.74 Å². The molecule has 0 fully saturated rings. The fraction of sp³-hybridized carbons (Fsp3) is 0.176. The molecule has 23 heavy (non-hydrogen) atoms. The number of fused-ring (bicyclic) bond motifs is 1. The largest absolute Gasteiger partial charge is 0.497 e. The van der Waals surface area contributed by atoms with E-state index in [9.17, 15) is 4.79 Å². The molecule has 2 aromatic heterocycles. The van der Waals surface area contributed by atoms with Gasteiger partial charge in [0, 0.05) is 16.6 Å². The molecule has 0 saturated heterocycles. The number of aryl methyl sites for hydroxylation is 1. The van der Waals surface area contributed by atoms with Gasteiger partial charge in [0.1, 0.15) is 14.9 Å². The van der Waals surface area contributed by atoms with E-state index in [2.05, 4.69) is 6.07 Å². The van der Waals surface area contributed by atoms with Crippen LogP contribution in [-0.4, -0.2) is 28.0 Å². The van der Waals surface area contributed by atoms with Crippen molar-refractivity contribution in [3.63, 3.8) is 0 Å². The topological polar surface area (TPSA) is 31.2 Å². The van der Waals surface area contributed by atoms with Crippen LogP contribution in [0.5, 0.6) is 5.75 Å². The van der Waals surface area contributed by atoms with Crippen LogP contribution in [0.3, 0.4) is 0 Å². The number of carbonyl (C=O) groups excluding carboxylic acids is 1. The van der Waals surface area contributed by atoms with Crippen LogP contribution in [0.1, 0.15) is 20.9 Å².